The van der Waals surface area contributed by atoms with Crippen molar-refractivity contribution in [3.8, 4) is 0 Å². The SMILES string of the molecule is CCCCCCCCC=CCCCCCCCCN(CCCCCCCCCCCCCCCC)C(=O)CCNC(=O)OCc1ccccc1. The largest absolute Gasteiger partial charge is 0.445 e. The molecule has 1 N–H and O–H groups in total. The van der Waals surface area contributed by atoms with E-state index in [2.05, 4.69) is 36.2 Å². The van der Waals surface area contributed by atoms with E-state index in [-0.39, 0.29) is 12.5 Å². The Labute approximate surface area is 310 Å². The Bertz CT molecular complexity index is 903. The number of rotatable bonds is 36. The topological polar surface area (TPSA) is 58.6 Å². The first-order chi connectivity index (χ1) is 24.7. The summed E-state index contributed by atoms with van der Waals surface area (Å²) in [5.74, 6) is 0.149. The van der Waals surface area contributed by atoms with E-state index in [9.17, 15) is 9.59 Å². The summed E-state index contributed by atoms with van der Waals surface area (Å²) in [4.78, 5) is 27.4. The highest BCUT2D eigenvalue weighted by Crippen LogP contribution is 2.15. The lowest BCUT2D eigenvalue weighted by Gasteiger charge is -2.23. The summed E-state index contributed by atoms with van der Waals surface area (Å²) >= 11 is 0. The van der Waals surface area contributed by atoms with Crippen LogP contribution in [0.25, 0.3) is 0 Å². The number of allylic oxidation sites excluding steroid dienone is 2. The first-order valence-electron chi connectivity index (χ1n) is 21.5. The number of alkyl carbamates (subject to hydrolysis) is 1. The van der Waals surface area contributed by atoms with Crippen molar-refractivity contribution in [1.29, 1.82) is 0 Å². The third-order valence-electron chi connectivity index (χ3n) is 9.90. The maximum Gasteiger partial charge on any atom is 0.407 e. The molecule has 0 aliphatic carbocycles. The highest BCUT2D eigenvalue weighted by Gasteiger charge is 2.14. The molecule has 0 atom stereocenters. The molecule has 1 aromatic rings. The second kappa shape index (κ2) is 36.5. The summed E-state index contributed by atoms with van der Waals surface area (Å²) in [5.41, 5.74) is 0.953. The van der Waals surface area contributed by atoms with Gasteiger partial charge in [0.05, 0.1) is 0 Å². The van der Waals surface area contributed by atoms with E-state index < -0.39 is 6.09 Å². The second-order valence-corrected chi connectivity index (χ2v) is 14.7. The lowest BCUT2D eigenvalue weighted by atomic mass is 10.0. The van der Waals surface area contributed by atoms with Crippen LogP contribution in [-0.4, -0.2) is 36.5 Å². The Morgan fingerprint density at radius 2 is 0.960 bits per heavy atom. The first kappa shape index (κ1) is 45.7. The van der Waals surface area contributed by atoms with Gasteiger partial charge in [0.15, 0.2) is 0 Å². The highest BCUT2D eigenvalue weighted by atomic mass is 16.5. The van der Waals surface area contributed by atoms with Crippen LogP contribution in [0, 0.1) is 0 Å². The molecule has 0 spiro atoms. The molecule has 0 bridgehead atoms. The number of unbranched alkanes of at least 4 members (excludes halogenated alkanes) is 25. The van der Waals surface area contributed by atoms with Crippen molar-refractivity contribution in [2.24, 2.45) is 0 Å². The zero-order valence-electron chi connectivity index (χ0n) is 33.0. The minimum absolute atomic E-state index is 0.149. The number of nitrogens with one attached hydrogen (secondary N) is 1. The lowest BCUT2D eigenvalue weighted by Crippen LogP contribution is -2.36. The molecule has 0 fully saturated rings. The summed E-state index contributed by atoms with van der Waals surface area (Å²) in [6.45, 7) is 6.78. The van der Waals surface area contributed by atoms with Gasteiger partial charge in [-0.3, -0.25) is 4.79 Å². The first-order valence-corrected chi connectivity index (χ1v) is 21.5. The molecule has 0 radical (unpaired) electrons. The van der Waals surface area contributed by atoms with E-state index in [1.807, 2.05) is 30.3 Å². The molecule has 0 aliphatic rings. The standard InChI is InChI=1S/C45H80N2O3/c1-3-5-7-9-11-13-15-17-19-20-22-24-26-28-30-35-41-47(40-34-29-27-25-23-21-18-16-14-12-10-8-6-4-2)44(48)38-39-46-45(49)50-42-43-36-32-31-33-37-43/h17,19,31-33,36-37H,3-16,18,20-30,34-35,38-42H2,1-2H3,(H,46,49). The van der Waals surface area contributed by atoms with Gasteiger partial charge in [0.2, 0.25) is 5.91 Å². The van der Waals surface area contributed by atoms with E-state index in [4.69, 9.17) is 4.74 Å². The summed E-state index contributed by atoms with van der Waals surface area (Å²) in [5, 5.41) is 2.77. The van der Waals surface area contributed by atoms with E-state index in [0.717, 1.165) is 31.5 Å². The van der Waals surface area contributed by atoms with Gasteiger partial charge in [-0.1, -0.05) is 198 Å². The van der Waals surface area contributed by atoms with Gasteiger partial charge in [-0.05, 0) is 44.1 Å². The van der Waals surface area contributed by atoms with E-state index >= 15 is 0 Å². The molecule has 1 rings (SSSR count). The monoisotopic (exact) mass is 697 g/mol. The number of hydrogen-bond donors (Lipinski definition) is 1. The third kappa shape index (κ3) is 30.5. The van der Waals surface area contributed by atoms with Crippen LogP contribution < -0.4 is 5.32 Å². The predicted octanol–water partition coefficient (Wildman–Crippen LogP) is 13.7. The van der Waals surface area contributed by atoms with Gasteiger partial charge in [-0.25, -0.2) is 4.79 Å². The number of carbonyl (C=O) groups excluding carboxylic acids is 2. The Kier molecular flexibility index (Phi) is 33.4. The van der Waals surface area contributed by atoms with E-state index in [1.54, 1.807) is 0 Å². The van der Waals surface area contributed by atoms with Gasteiger partial charge >= 0.3 is 6.09 Å². The van der Waals surface area contributed by atoms with Crippen molar-refractivity contribution in [3.63, 3.8) is 0 Å². The van der Waals surface area contributed by atoms with Gasteiger partial charge in [0.1, 0.15) is 6.61 Å². The maximum atomic E-state index is 13.2. The van der Waals surface area contributed by atoms with Crippen LogP contribution in [0.3, 0.4) is 0 Å². The zero-order valence-corrected chi connectivity index (χ0v) is 33.0. The smallest absolute Gasteiger partial charge is 0.407 e. The molecule has 0 saturated heterocycles. The molecule has 1 aromatic carbocycles. The lowest BCUT2D eigenvalue weighted by molar-refractivity contribution is -0.131. The van der Waals surface area contributed by atoms with Crippen molar-refractivity contribution in [2.45, 2.75) is 207 Å². The molecule has 0 aliphatic heterocycles. The average molecular weight is 697 g/mol. The van der Waals surface area contributed by atoms with Crippen molar-refractivity contribution >= 4 is 12.0 Å². The zero-order chi connectivity index (χ0) is 36.0. The fourth-order valence-corrected chi connectivity index (χ4v) is 6.61. The number of amides is 2. The summed E-state index contributed by atoms with van der Waals surface area (Å²) in [6, 6.07) is 9.67. The molecular weight excluding hydrogens is 617 g/mol. The highest BCUT2D eigenvalue weighted by molar-refractivity contribution is 5.77. The van der Waals surface area contributed by atoms with E-state index in [1.165, 1.54) is 167 Å². The van der Waals surface area contributed by atoms with E-state index in [0.29, 0.717) is 13.0 Å². The van der Waals surface area contributed by atoms with Gasteiger partial charge in [0, 0.05) is 26.1 Å². The van der Waals surface area contributed by atoms with Gasteiger partial charge < -0.3 is 15.0 Å². The normalized spacial score (nSPS) is 11.3. The Balaban J connectivity index is 2.22. The summed E-state index contributed by atoms with van der Waals surface area (Å²) < 4.78 is 5.31. The molecule has 0 aromatic heterocycles. The fraction of sp³-hybridized carbons (Fsp3) is 0.778. The molecular formula is C45H80N2O3. The molecule has 2 amide bonds. The Morgan fingerprint density at radius 3 is 1.40 bits per heavy atom. The van der Waals surface area contributed by atoms with Crippen molar-refractivity contribution in [1.82, 2.24) is 10.2 Å². The average Bonchev–Trinajstić information content (AvgIpc) is 3.13. The molecule has 5 nitrogen and oxygen atoms in total. The minimum Gasteiger partial charge on any atom is -0.445 e. The van der Waals surface area contributed by atoms with Crippen molar-refractivity contribution in [3.05, 3.63) is 48.0 Å². The Morgan fingerprint density at radius 1 is 0.560 bits per heavy atom. The van der Waals surface area contributed by atoms with Crippen LogP contribution in [0.15, 0.2) is 42.5 Å². The number of benzene rings is 1. The second-order valence-electron chi connectivity index (χ2n) is 14.7. The van der Waals surface area contributed by atoms with Crippen LogP contribution in [-0.2, 0) is 16.1 Å². The van der Waals surface area contributed by atoms with Crippen LogP contribution in [0.2, 0.25) is 0 Å². The van der Waals surface area contributed by atoms with Gasteiger partial charge in [-0.2, -0.15) is 0 Å². The third-order valence-corrected chi connectivity index (χ3v) is 9.90. The van der Waals surface area contributed by atoms with Crippen LogP contribution in [0.4, 0.5) is 4.79 Å². The molecule has 5 heteroatoms. The number of ether oxygens (including phenoxy) is 1. The van der Waals surface area contributed by atoms with Gasteiger partial charge in [-0.15, -0.1) is 0 Å². The predicted molar refractivity (Wildman–Crippen MR) is 216 cm³/mol. The van der Waals surface area contributed by atoms with Crippen molar-refractivity contribution in [2.75, 3.05) is 19.6 Å². The summed E-state index contributed by atoms with van der Waals surface area (Å²) in [7, 11) is 0. The molecule has 288 valence electrons. The number of carbonyl (C=O) groups is 2. The molecule has 0 unspecified atom stereocenters. The van der Waals surface area contributed by atoms with Crippen LogP contribution >= 0.6 is 0 Å². The minimum atomic E-state index is -0.464. The van der Waals surface area contributed by atoms with Crippen LogP contribution in [0.1, 0.15) is 206 Å². The molecule has 50 heavy (non-hydrogen) atoms. The number of nitrogens with zero attached hydrogens (tertiary/aromatic N) is 1. The maximum absolute atomic E-state index is 13.2. The molecule has 0 heterocycles. The van der Waals surface area contributed by atoms with Crippen LogP contribution in [0.5, 0.6) is 0 Å². The number of hydrogen-bond acceptors (Lipinski definition) is 3. The summed E-state index contributed by atoms with van der Waals surface area (Å²) in [6.07, 6.45) is 41.5. The van der Waals surface area contributed by atoms with Crippen molar-refractivity contribution < 1.29 is 14.3 Å². The fourth-order valence-electron chi connectivity index (χ4n) is 6.61. The quantitative estimate of drug-likeness (QED) is 0.0561. The molecule has 0 saturated carbocycles. The Hall–Kier alpha value is -2.30. The van der Waals surface area contributed by atoms with Gasteiger partial charge in [0.25, 0.3) is 0 Å².